The van der Waals surface area contributed by atoms with Gasteiger partial charge in [-0.2, -0.15) is 4.89 Å². The third kappa shape index (κ3) is 4.97. The second-order valence-corrected chi connectivity index (χ2v) is 11.6. The van der Waals surface area contributed by atoms with Crippen molar-refractivity contribution in [1.29, 1.82) is 0 Å². The van der Waals surface area contributed by atoms with Crippen LogP contribution in [-0.4, -0.2) is 70.1 Å². The first-order valence-corrected chi connectivity index (χ1v) is 13.8. The molecule has 6 unspecified atom stereocenters. The number of fused-ring (bicyclic) bond motifs is 3. The fourth-order valence-corrected chi connectivity index (χ4v) is 7.65. The summed E-state index contributed by atoms with van der Waals surface area (Å²) in [5.41, 5.74) is 0.617. The first-order valence-electron chi connectivity index (χ1n) is 13.4. The standard InChI is InChI=1S/C27H37ClO10.Na/c1-4-14-6-7-16(12-19(14)35-25-22(31)20(29)21(30)23(36-25)24(32)33)27(34-3)26(37-38-27)15(5-2)8-13-9-17(26)11-18(28)10-13;/h6-7,12-13,15,17-18,20-23,25,29-31H,4-5,8-11H2,1-3H3,(H,32,33);/q;+1/p-1/t13?,15?,17?,18?,20-,21-,22+,23-,25+,26?,27?;/m0./s1. The number of carboxylic acid groups (broad SMARTS) is 1. The van der Waals surface area contributed by atoms with Gasteiger partial charge in [-0.25, -0.2) is 4.89 Å². The Morgan fingerprint density at radius 3 is 2.44 bits per heavy atom. The number of methoxy groups -OCH3 is 1. The first kappa shape index (κ1) is 31.4. The number of alkyl halides is 1. The minimum atomic E-state index is -1.88. The minimum absolute atomic E-state index is 0. The van der Waals surface area contributed by atoms with Gasteiger partial charge in [0.1, 0.15) is 30.2 Å². The number of hydrogen-bond donors (Lipinski definition) is 3. The molecule has 0 radical (unpaired) electrons. The summed E-state index contributed by atoms with van der Waals surface area (Å²) in [6.07, 6.45) is -3.71. The van der Waals surface area contributed by atoms with Crippen LogP contribution in [0.25, 0.3) is 0 Å². The zero-order valence-electron chi connectivity index (χ0n) is 22.7. The van der Waals surface area contributed by atoms with Gasteiger partial charge < -0.3 is 39.4 Å². The molecule has 2 bridgehead atoms. The van der Waals surface area contributed by atoms with Gasteiger partial charge in [0.2, 0.25) is 6.29 Å². The number of aliphatic carboxylic acids is 1. The van der Waals surface area contributed by atoms with Gasteiger partial charge in [-0.05, 0) is 61.5 Å². The second-order valence-electron chi connectivity index (χ2n) is 11.0. The zero-order chi connectivity index (χ0) is 27.4. The van der Waals surface area contributed by atoms with Gasteiger partial charge in [0.05, 0.1) is 5.97 Å². The maximum atomic E-state index is 11.4. The number of ether oxygens (including phenoxy) is 3. The van der Waals surface area contributed by atoms with Crippen LogP contribution in [0.15, 0.2) is 18.2 Å². The number of carbonyl (C=O) groups is 1. The maximum Gasteiger partial charge on any atom is 1.00 e. The van der Waals surface area contributed by atoms with Gasteiger partial charge in [-0.3, -0.25) is 0 Å². The molecule has 0 amide bonds. The molecule has 2 aliphatic heterocycles. The maximum absolute atomic E-state index is 11.4. The molecule has 1 aromatic carbocycles. The summed E-state index contributed by atoms with van der Waals surface area (Å²) < 4.78 is 17.4. The predicted molar refractivity (Wildman–Crippen MR) is 131 cm³/mol. The van der Waals surface area contributed by atoms with Crippen molar-refractivity contribution in [2.24, 2.45) is 17.8 Å². The van der Waals surface area contributed by atoms with Crippen molar-refractivity contribution in [3.05, 3.63) is 29.3 Å². The van der Waals surface area contributed by atoms with Crippen LogP contribution in [0.5, 0.6) is 5.75 Å². The summed E-state index contributed by atoms with van der Waals surface area (Å²) in [4.78, 5) is 23.4. The number of rotatable bonds is 7. The van der Waals surface area contributed by atoms with Crippen LogP contribution in [0.1, 0.15) is 57.1 Å². The molecule has 11 atom stereocenters. The van der Waals surface area contributed by atoms with E-state index in [0.29, 0.717) is 17.9 Å². The van der Waals surface area contributed by atoms with Gasteiger partial charge in [0, 0.05) is 18.1 Å². The minimum Gasteiger partial charge on any atom is -0.547 e. The van der Waals surface area contributed by atoms with Crippen LogP contribution >= 0.6 is 11.6 Å². The largest absolute Gasteiger partial charge is 1.00 e. The van der Waals surface area contributed by atoms with E-state index in [1.165, 1.54) is 0 Å². The van der Waals surface area contributed by atoms with Crippen molar-refractivity contribution in [3.8, 4) is 5.75 Å². The number of aryl methyl sites for hydroxylation is 1. The molecule has 0 aromatic heterocycles. The number of hydrogen-bond acceptors (Lipinski definition) is 10. The Hall–Kier alpha value is -0.500. The molecule has 1 aromatic rings. The van der Waals surface area contributed by atoms with Crippen LogP contribution in [0, 0.1) is 17.8 Å². The fourth-order valence-electron chi connectivity index (χ4n) is 7.18. The van der Waals surface area contributed by atoms with Gasteiger partial charge in [0.15, 0.2) is 5.60 Å². The molecule has 3 N–H and O–H groups in total. The molecule has 4 aliphatic rings. The van der Waals surface area contributed by atoms with Gasteiger partial charge in [-0.15, -0.1) is 11.6 Å². The van der Waals surface area contributed by atoms with Crippen LogP contribution in [0.3, 0.4) is 0 Å². The Kier molecular flexibility index (Phi) is 9.68. The molecule has 2 saturated carbocycles. The number of carboxylic acids is 1. The van der Waals surface area contributed by atoms with E-state index < -0.39 is 48.1 Å². The number of carbonyl (C=O) groups excluding carboxylic acids is 1. The molecule has 2 aliphatic carbocycles. The van der Waals surface area contributed by atoms with E-state index >= 15 is 0 Å². The van der Waals surface area contributed by atoms with E-state index in [0.717, 1.165) is 37.7 Å². The molecular weight excluding hydrogens is 543 g/mol. The van der Waals surface area contributed by atoms with E-state index in [4.69, 9.17) is 35.6 Å². The van der Waals surface area contributed by atoms with Crippen molar-refractivity contribution in [2.45, 2.75) is 99.8 Å². The Bertz CT molecular complexity index is 1040. The quantitative estimate of drug-likeness (QED) is 0.191. The topological polar surface area (TPSA) is 147 Å². The number of halogens is 1. The number of aliphatic hydroxyl groups excluding tert-OH is 3. The molecular formula is C27H36ClNaO10. The SMILES string of the molecule is CCc1ccc(C2(OC)OOC23C(CC)CC2CC(Cl)CC3C2)cc1O[C@@H]1O[C@H](C(=O)[O-])[C@@H](O)[C@H](O)[C@H]1O.[Na+]. The van der Waals surface area contributed by atoms with Crippen molar-refractivity contribution in [1.82, 2.24) is 0 Å². The number of aliphatic hydroxyl groups is 3. The van der Waals surface area contributed by atoms with Crippen molar-refractivity contribution < 1.29 is 78.8 Å². The van der Waals surface area contributed by atoms with Gasteiger partial charge >= 0.3 is 29.6 Å². The molecule has 212 valence electrons. The van der Waals surface area contributed by atoms with Crippen LogP contribution in [0.2, 0.25) is 0 Å². The molecule has 12 heteroatoms. The fraction of sp³-hybridized carbons (Fsp3) is 0.741. The molecule has 39 heavy (non-hydrogen) atoms. The third-order valence-corrected chi connectivity index (χ3v) is 9.40. The van der Waals surface area contributed by atoms with E-state index in [9.17, 15) is 25.2 Å². The summed E-state index contributed by atoms with van der Waals surface area (Å²) in [5, 5.41) is 42.2. The average molecular weight is 579 g/mol. The zero-order valence-corrected chi connectivity index (χ0v) is 25.5. The smallest absolute Gasteiger partial charge is 0.547 e. The molecule has 5 rings (SSSR count). The third-order valence-electron chi connectivity index (χ3n) is 9.04. The van der Waals surface area contributed by atoms with E-state index in [1.54, 1.807) is 13.2 Å². The van der Waals surface area contributed by atoms with Gasteiger partial charge in [-0.1, -0.05) is 32.4 Å². The molecule has 4 fully saturated rings. The van der Waals surface area contributed by atoms with Crippen molar-refractivity contribution in [3.63, 3.8) is 0 Å². The summed E-state index contributed by atoms with van der Waals surface area (Å²) in [5.74, 6) is -1.86. The Morgan fingerprint density at radius 2 is 1.85 bits per heavy atom. The molecule has 2 heterocycles. The Labute approximate surface area is 255 Å². The summed E-state index contributed by atoms with van der Waals surface area (Å²) in [6, 6.07) is 5.45. The second kappa shape index (κ2) is 12.0. The summed E-state index contributed by atoms with van der Waals surface area (Å²) in [6.45, 7) is 4.05. The Morgan fingerprint density at radius 1 is 1.10 bits per heavy atom. The summed E-state index contributed by atoms with van der Waals surface area (Å²) >= 11 is 6.66. The molecule has 2 saturated heterocycles. The van der Waals surface area contributed by atoms with Crippen molar-refractivity contribution >= 4 is 17.6 Å². The average Bonchev–Trinajstić information content (AvgIpc) is 2.88. The van der Waals surface area contributed by atoms with E-state index in [2.05, 4.69) is 6.92 Å². The van der Waals surface area contributed by atoms with Crippen LogP contribution < -0.4 is 39.4 Å². The van der Waals surface area contributed by atoms with Gasteiger partial charge in [0.25, 0.3) is 5.79 Å². The normalized spacial score (nSPS) is 43.3. The summed E-state index contributed by atoms with van der Waals surface area (Å²) in [7, 11) is 1.58. The molecule has 1 spiro atoms. The first-order chi connectivity index (χ1) is 18.1. The predicted octanol–water partition coefficient (Wildman–Crippen LogP) is -1.86. The van der Waals surface area contributed by atoms with Crippen LogP contribution in [0.4, 0.5) is 0 Å². The van der Waals surface area contributed by atoms with Crippen LogP contribution in [-0.2, 0) is 36.3 Å². The molecule has 10 nitrogen and oxygen atoms in total. The Balaban J connectivity index is 0.00000353. The number of benzene rings is 1. The van der Waals surface area contributed by atoms with E-state index in [-0.39, 0.29) is 52.5 Å². The monoisotopic (exact) mass is 578 g/mol. The van der Waals surface area contributed by atoms with Crippen molar-refractivity contribution in [2.75, 3.05) is 7.11 Å². The van der Waals surface area contributed by atoms with E-state index in [1.807, 2.05) is 19.1 Å².